The first-order valence-electron chi connectivity index (χ1n) is 15.6. The molecule has 9 rings (SSSR count). The van der Waals surface area contributed by atoms with Crippen LogP contribution in [-0.2, 0) is 10.8 Å². The van der Waals surface area contributed by atoms with Gasteiger partial charge in [-0.1, -0.05) is 106 Å². The summed E-state index contributed by atoms with van der Waals surface area (Å²) >= 11 is 0. The molecule has 1 saturated carbocycles. The van der Waals surface area contributed by atoms with Crippen molar-refractivity contribution in [2.75, 3.05) is 4.90 Å². The highest BCUT2D eigenvalue weighted by Gasteiger charge is 2.59. The molecule has 2 atom stereocenters. The maximum Gasteiger partial charge on any atom is 0.198 e. The SMILES string of the molecule is Cc1cc(-c2cccc3c4c([nH]c23)C(C)(C)c2ccccc2-4)c2c(c1)N1c3c(cccc3C3(C)CCCCC13C)B2. The summed E-state index contributed by atoms with van der Waals surface area (Å²) in [5.74, 6) is 0. The molecule has 1 aromatic heterocycles. The second-order valence-corrected chi connectivity index (χ2v) is 14.2. The summed E-state index contributed by atoms with van der Waals surface area (Å²) in [7, 11) is 0.988. The smallest absolute Gasteiger partial charge is 0.198 e. The third-order valence-corrected chi connectivity index (χ3v) is 11.8. The highest BCUT2D eigenvalue weighted by Crippen LogP contribution is 2.61. The van der Waals surface area contributed by atoms with Crippen LogP contribution in [0.5, 0.6) is 0 Å². The van der Waals surface area contributed by atoms with E-state index in [1.807, 2.05) is 0 Å². The number of fused-ring (bicyclic) bond motifs is 10. The second-order valence-electron chi connectivity index (χ2n) is 14.2. The van der Waals surface area contributed by atoms with Crippen LogP contribution >= 0.6 is 0 Å². The van der Waals surface area contributed by atoms with E-state index >= 15 is 0 Å². The largest absolute Gasteiger partial charge is 0.357 e. The summed E-state index contributed by atoms with van der Waals surface area (Å²) in [5, 5.41) is 1.34. The quantitative estimate of drug-likeness (QED) is 0.218. The summed E-state index contributed by atoms with van der Waals surface area (Å²) in [6.45, 7) is 12.1. The van der Waals surface area contributed by atoms with Gasteiger partial charge < -0.3 is 9.88 Å². The van der Waals surface area contributed by atoms with Crippen molar-refractivity contribution in [2.45, 2.75) is 76.7 Å². The number of benzene rings is 4. The zero-order valence-corrected chi connectivity index (χ0v) is 24.9. The van der Waals surface area contributed by atoms with Crippen molar-refractivity contribution in [1.82, 2.24) is 4.98 Å². The fourth-order valence-electron chi connectivity index (χ4n) is 9.54. The molecule has 5 aromatic rings. The van der Waals surface area contributed by atoms with Gasteiger partial charge in [-0.2, -0.15) is 0 Å². The van der Waals surface area contributed by atoms with Gasteiger partial charge in [0.2, 0.25) is 0 Å². The fourth-order valence-corrected chi connectivity index (χ4v) is 9.54. The summed E-state index contributed by atoms with van der Waals surface area (Å²) in [6, 6.07) is 28.0. The Kier molecular flexibility index (Phi) is 4.42. The van der Waals surface area contributed by atoms with E-state index in [0.29, 0.717) is 0 Å². The maximum atomic E-state index is 4.01. The molecule has 3 heterocycles. The van der Waals surface area contributed by atoms with E-state index in [9.17, 15) is 0 Å². The van der Waals surface area contributed by atoms with Crippen molar-refractivity contribution in [3.63, 3.8) is 0 Å². The number of hydrogen-bond donors (Lipinski definition) is 1. The molecule has 2 unspecified atom stereocenters. The second kappa shape index (κ2) is 7.56. The van der Waals surface area contributed by atoms with Crippen LogP contribution in [0.2, 0.25) is 0 Å². The van der Waals surface area contributed by atoms with Gasteiger partial charge >= 0.3 is 0 Å². The topological polar surface area (TPSA) is 19.0 Å². The molecule has 0 spiro atoms. The molecular weight excluding hydrogens is 495 g/mol. The molecular formula is C38H37BN2. The average molecular weight is 533 g/mol. The number of para-hydroxylation sites is 2. The number of nitrogens with zero attached hydrogens (tertiary/aromatic N) is 1. The van der Waals surface area contributed by atoms with E-state index in [1.165, 1.54) is 98.0 Å². The number of hydrogen-bond acceptors (Lipinski definition) is 1. The molecule has 0 amide bonds. The van der Waals surface area contributed by atoms with Crippen LogP contribution in [0.4, 0.5) is 11.4 Å². The first-order chi connectivity index (χ1) is 19.7. The van der Waals surface area contributed by atoms with Gasteiger partial charge in [-0.3, -0.25) is 0 Å². The fraction of sp³-hybridized carbons (Fsp3) is 0.316. The molecule has 41 heavy (non-hydrogen) atoms. The van der Waals surface area contributed by atoms with Crippen molar-refractivity contribution < 1.29 is 0 Å². The number of aromatic amines is 1. The van der Waals surface area contributed by atoms with E-state index in [1.54, 1.807) is 5.56 Å². The van der Waals surface area contributed by atoms with Crippen LogP contribution in [0.15, 0.2) is 72.8 Å². The Hall–Kier alpha value is -3.72. The predicted octanol–water partition coefficient (Wildman–Crippen LogP) is 7.89. The Labute approximate surface area is 244 Å². The summed E-state index contributed by atoms with van der Waals surface area (Å²) < 4.78 is 0. The molecule has 0 radical (unpaired) electrons. The van der Waals surface area contributed by atoms with Crippen LogP contribution in [0.3, 0.4) is 0 Å². The lowest BCUT2D eigenvalue weighted by molar-refractivity contribution is 0.195. The number of nitrogens with one attached hydrogen (secondary N) is 1. The standard InChI is InChI=1S/C38H37BN2/c1-22-20-26(23-13-10-14-25-31-24-12-6-7-15-27(24)36(2,3)35(31)40-33(23)25)32-30(21-22)41-34-28(16-11-17-29(34)39-32)37(4)18-8-9-19-38(37,41)5/h6-7,10-17,20-21,39-40H,8-9,18-19H2,1-5H3. The Morgan fingerprint density at radius 2 is 1.54 bits per heavy atom. The van der Waals surface area contributed by atoms with Crippen molar-refractivity contribution in [3.8, 4) is 22.3 Å². The van der Waals surface area contributed by atoms with E-state index < -0.39 is 0 Å². The molecule has 2 aliphatic carbocycles. The van der Waals surface area contributed by atoms with Crippen LogP contribution in [-0.4, -0.2) is 17.8 Å². The summed E-state index contributed by atoms with van der Waals surface area (Å²) in [4.78, 5) is 6.81. The van der Waals surface area contributed by atoms with E-state index in [4.69, 9.17) is 0 Å². The number of aryl methyl sites for hydroxylation is 1. The molecule has 4 aliphatic rings. The molecule has 3 heteroatoms. The van der Waals surface area contributed by atoms with Gasteiger partial charge in [-0.15, -0.1) is 0 Å². The zero-order chi connectivity index (χ0) is 27.9. The molecule has 0 saturated heterocycles. The molecule has 202 valence electrons. The van der Waals surface area contributed by atoms with Crippen molar-refractivity contribution in [1.29, 1.82) is 0 Å². The Morgan fingerprint density at radius 3 is 2.41 bits per heavy atom. The van der Waals surface area contributed by atoms with Crippen molar-refractivity contribution >= 4 is 40.5 Å². The average Bonchev–Trinajstić information content (AvgIpc) is 3.54. The normalized spacial score (nSPS) is 24.4. The Morgan fingerprint density at radius 1 is 0.780 bits per heavy atom. The van der Waals surface area contributed by atoms with Crippen molar-refractivity contribution in [2.24, 2.45) is 0 Å². The van der Waals surface area contributed by atoms with Crippen LogP contribution in [0, 0.1) is 6.92 Å². The minimum Gasteiger partial charge on any atom is -0.357 e. The molecule has 4 aromatic carbocycles. The monoisotopic (exact) mass is 532 g/mol. The lowest BCUT2D eigenvalue weighted by atomic mass is 9.58. The van der Waals surface area contributed by atoms with Crippen LogP contribution in [0.1, 0.15) is 75.8 Å². The minimum atomic E-state index is -0.0425. The predicted molar refractivity (Wildman–Crippen MR) is 175 cm³/mol. The Bertz CT molecular complexity index is 1960. The lowest BCUT2D eigenvalue weighted by Crippen LogP contribution is -2.57. The number of anilines is 2. The van der Waals surface area contributed by atoms with Gasteiger partial charge in [0.25, 0.3) is 0 Å². The summed E-state index contributed by atoms with van der Waals surface area (Å²) in [6.07, 6.45) is 5.15. The van der Waals surface area contributed by atoms with E-state index in [2.05, 4.69) is 117 Å². The van der Waals surface area contributed by atoms with Gasteiger partial charge in [0.1, 0.15) is 0 Å². The molecule has 1 N–H and O–H groups in total. The zero-order valence-electron chi connectivity index (χ0n) is 24.9. The van der Waals surface area contributed by atoms with Crippen molar-refractivity contribution in [3.05, 3.63) is 95.2 Å². The number of aromatic nitrogens is 1. The van der Waals surface area contributed by atoms with Gasteiger partial charge in [0.05, 0.1) is 11.1 Å². The first kappa shape index (κ1) is 23.9. The highest BCUT2D eigenvalue weighted by atomic mass is 15.3. The van der Waals surface area contributed by atoms with Gasteiger partial charge in [-0.25, -0.2) is 0 Å². The molecule has 2 aliphatic heterocycles. The number of H-pyrrole nitrogens is 1. The van der Waals surface area contributed by atoms with Gasteiger partial charge in [-0.05, 0) is 66.0 Å². The Balaban J connectivity index is 1.31. The molecule has 1 fully saturated rings. The third-order valence-electron chi connectivity index (χ3n) is 11.8. The third kappa shape index (κ3) is 2.72. The van der Waals surface area contributed by atoms with E-state index in [0.717, 1.165) is 7.28 Å². The van der Waals surface area contributed by atoms with Gasteiger partial charge in [0.15, 0.2) is 7.28 Å². The maximum absolute atomic E-state index is 4.01. The first-order valence-corrected chi connectivity index (χ1v) is 15.6. The number of rotatable bonds is 1. The molecule has 2 nitrogen and oxygen atoms in total. The van der Waals surface area contributed by atoms with E-state index in [-0.39, 0.29) is 16.4 Å². The lowest BCUT2D eigenvalue weighted by Gasteiger charge is -2.51. The molecule has 0 bridgehead atoms. The highest BCUT2D eigenvalue weighted by molar-refractivity contribution is 6.73. The van der Waals surface area contributed by atoms with Gasteiger partial charge in [0, 0.05) is 44.4 Å². The summed E-state index contributed by atoms with van der Waals surface area (Å²) in [5.41, 5.74) is 18.6. The van der Waals surface area contributed by atoms with Crippen LogP contribution < -0.4 is 15.8 Å². The van der Waals surface area contributed by atoms with Crippen LogP contribution in [0.25, 0.3) is 33.2 Å². The minimum absolute atomic E-state index is 0.0425.